The molecule has 0 aromatic rings. The third-order valence-corrected chi connectivity index (χ3v) is 7.19. The largest absolute Gasteiger partial charge is 0.481 e. The molecule has 25 nitrogen and oxygen atoms in total. The predicted octanol–water partition coefficient (Wildman–Crippen LogP) is -8.54. The number of rotatable bonds is 23. The first kappa shape index (κ1) is 44.9. The van der Waals surface area contributed by atoms with Gasteiger partial charge in [0.25, 0.3) is 0 Å². The van der Waals surface area contributed by atoms with Gasteiger partial charge in [-0.2, -0.15) is 0 Å². The maximum Gasteiger partial charge on any atom is 0.326 e. The zero-order valence-corrected chi connectivity index (χ0v) is 28.6. The standard InChI is InChI=1S/C28H46N12O13/c29-8-18(42)33-9-19(43)34-10-20(44)35-11-21(45)37-14(3-1-5-32-28(30)31)24(49)36-12-22(46)38-15(7-23(47)48)25(50)39-16(13-41)26(51)40-6-2-4-17(40)27(52)53/h14-17,41H,1-13,29H2,(H,33,42)(H,34,43)(H,35,44)(H,36,49)(H,37,45)(H,38,46)(H,39,50)(H,47,48)(H,52,53)(H4,30,31,32). The van der Waals surface area contributed by atoms with Gasteiger partial charge in [-0.1, -0.05) is 0 Å². The molecule has 1 aliphatic heterocycles. The van der Waals surface area contributed by atoms with Crippen LogP contribution in [-0.2, 0) is 47.9 Å². The van der Waals surface area contributed by atoms with Gasteiger partial charge in [0.15, 0.2) is 5.96 Å². The Morgan fingerprint density at radius 1 is 0.717 bits per heavy atom. The SMILES string of the molecule is NCC(=O)NCC(=O)NCC(=O)NCC(=O)NC(CCCN=C(N)N)C(=O)NCC(=O)NC(CC(=O)O)C(=O)NC(CO)C(=O)N1CCCC1C(=O)O. The molecule has 1 rings (SSSR count). The summed E-state index contributed by atoms with van der Waals surface area (Å²) in [6, 6.07) is -5.96. The fourth-order valence-electron chi connectivity index (χ4n) is 4.62. The Kier molecular flexibility index (Phi) is 19.8. The summed E-state index contributed by atoms with van der Waals surface area (Å²) in [4.78, 5) is 126. The molecule has 4 atom stereocenters. The molecule has 4 unspecified atom stereocenters. The summed E-state index contributed by atoms with van der Waals surface area (Å²) in [5.41, 5.74) is 15.7. The van der Waals surface area contributed by atoms with E-state index >= 15 is 0 Å². The van der Waals surface area contributed by atoms with Crippen LogP contribution in [0.25, 0.3) is 0 Å². The highest BCUT2D eigenvalue weighted by molar-refractivity contribution is 5.97. The minimum atomic E-state index is -1.80. The second kappa shape index (κ2) is 23.4. The smallest absolute Gasteiger partial charge is 0.326 e. The molecule has 0 radical (unpaired) electrons. The average Bonchev–Trinajstić information content (AvgIpc) is 3.61. The van der Waals surface area contributed by atoms with Crippen molar-refractivity contribution in [2.75, 3.05) is 52.4 Å². The van der Waals surface area contributed by atoms with Crippen LogP contribution in [0.4, 0.5) is 0 Å². The zero-order valence-electron chi connectivity index (χ0n) is 28.6. The van der Waals surface area contributed by atoms with Gasteiger partial charge in [-0.05, 0) is 25.7 Å². The first-order valence-corrected chi connectivity index (χ1v) is 16.1. The molecule has 0 aromatic carbocycles. The number of nitrogens with two attached hydrogens (primary N) is 3. The lowest BCUT2D eigenvalue weighted by atomic mass is 10.1. The molecule has 0 aromatic heterocycles. The Morgan fingerprint density at radius 3 is 1.79 bits per heavy atom. The summed E-state index contributed by atoms with van der Waals surface area (Å²) in [7, 11) is 0. The first-order valence-electron chi connectivity index (χ1n) is 16.1. The van der Waals surface area contributed by atoms with Gasteiger partial charge in [0.05, 0.1) is 45.8 Å². The number of nitrogens with one attached hydrogen (secondary N) is 7. The highest BCUT2D eigenvalue weighted by Gasteiger charge is 2.38. The number of nitrogens with zero attached hydrogens (tertiary/aromatic N) is 2. The van der Waals surface area contributed by atoms with Crippen LogP contribution >= 0.6 is 0 Å². The Labute approximate surface area is 301 Å². The Bertz CT molecular complexity index is 1410. The number of carboxylic acid groups (broad SMARTS) is 2. The van der Waals surface area contributed by atoms with Gasteiger partial charge in [0.2, 0.25) is 47.3 Å². The lowest BCUT2D eigenvalue weighted by Gasteiger charge is -2.27. The minimum Gasteiger partial charge on any atom is -0.481 e. The lowest BCUT2D eigenvalue weighted by molar-refractivity contribution is -0.150. The second-order valence-electron chi connectivity index (χ2n) is 11.3. The van der Waals surface area contributed by atoms with Crippen molar-refractivity contribution >= 4 is 65.2 Å². The monoisotopic (exact) mass is 758 g/mol. The van der Waals surface area contributed by atoms with Gasteiger partial charge in [0, 0.05) is 13.1 Å². The molecule has 25 heteroatoms. The Morgan fingerprint density at radius 2 is 1.26 bits per heavy atom. The van der Waals surface area contributed by atoms with E-state index in [0.717, 1.165) is 4.90 Å². The second-order valence-corrected chi connectivity index (χ2v) is 11.3. The van der Waals surface area contributed by atoms with Crippen LogP contribution in [0.2, 0.25) is 0 Å². The van der Waals surface area contributed by atoms with Gasteiger partial charge >= 0.3 is 11.9 Å². The van der Waals surface area contributed by atoms with Crippen molar-refractivity contribution in [3.05, 3.63) is 0 Å². The fourth-order valence-corrected chi connectivity index (χ4v) is 4.62. The summed E-state index contributed by atoms with van der Waals surface area (Å²) >= 11 is 0. The number of hydrogen-bond acceptors (Lipinski definition) is 13. The molecule has 0 saturated carbocycles. The number of guanidine groups is 1. The molecular formula is C28H46N12O13. The van der Waals surface area contributed by atoms with E-state index in [1.165, 1.54) is 0 Å². The number of aliphatic hydroxyl groups is 1. The van der Waals surface area contributed by atoms with Gasteiger partial charge in [-0.15, -0.1) is 0 Å². The molecule has 16 N–H and O–H groups in total. The van der Waals surface area contributed by atoms with Gasteiger partial charge in [-0.3, -0.25) is 48.1 Å². The number of aliphatic carboxylic acids is 2. The Hall–Kier alpha value is -6.11. The molecule has 0 bridgehead atoms. The number of hydrogen-bond donors (Lipinski definition) is 13. The van der Waals surface area contributed by atoms with Gasteiger partial charge in [-0.25, -0.2) is 4.79 Å². The van der Waals surface area contributed by atoms with Crippen LogP contribution in [0, 0.1) is 0 Å². The minimum absolute atomic E-state index is 0.0420. The number of amides is 8. The number of carbonyl (C=O) groups excluding carboxylic acids is 8. The number of carbonyl (C=O) groups is 10. The summed E-state index contributed by atoms with van der Waals surface area (Å²) < 4.78 is 0. The van der Waals surface area contributed by atoms with Crippen LogP contribution < -0.4 is 54.4 Å². The Balaban J connectivity index is 2.81. The van der Waals surface area contributed by atoms with Crippen molar-refractivity contribution in [3.63, 3.8) is 0 Å². The van der Waals surface area contributed by atoms with E-state index < -0.39 is 123 Å². The van der Waals surface area contributed by atoms with E-state index in [1.807, 2.05) is 0 Å². The maximum atomic E-state index is 13.0. The number of carboxylic acids is 2. The number of aliphatic hydroxyl groups excluding tert-OH is 1. The van der Waals surface area contributed by atoms with Gasteiger partial charge in [0.1, 0.15) is 24.2 Å². The summed E-state index contributed by atoms with van der Waals surface area (Å²) in [5.74, 6) is -10.1. The molecule has 8 amide bonds. The predicted molar refractivity (Wildman–Crippen MR) is 179 cm³/mol. The summed E-state index contributed by atoms with van der Waals surface area (Å²) in [6.45, 7) is -3.69. The molecule has 1 aliphatic rings. The average molecular weight is 759 g/mol. The third kappa shape index (κ3) is 17.6. The van der Waals surface area contributed by atoms with Crippen LogP contribution in [0.1, 0.15) is 32.1 Å². The van der Waals surface area contributed by atoms with Crippen LogP contribution in [0.5, 0.6) is 0 Å². The molecular weight excluding hydrogens is 712 g/mol. The van der Waals surface area contributed by atoms with Crippen molar-refractivity contribution in [3.8, 4) is 0 Å². The van der Waals surface area contributed by atoms with Crippen LogP contribution in [0.15, 0.2) is 4.99 Å². The molecule has 0 spiro atoms. The topological polar surface area (TPSA) is 409 Å². The van der Waals surface area contributed by atoms with Crippen molar-refractivity contribution in [2.45, 2.75) is 56.3 Å². The van der Waals surface area contributed by atoms with Crippen molar-refractivity contribution in [1.82, 2.24) is 42.1 Å². The first-order chi connectivity index (χ1) is 25.0. The lowest BCUT2D eigenvalue weighted by Crippen LogP contribution is -2.58. The normalized spacial score (nSPS) is 15.0. The highest BCUT2D eigenvalue weighted by Crippen LogP contribution is 2.18. The summed E-state index contributed by atoms with van der Waals surface area (Å²) in [6.07, 6.45) is -0.401. The molecule has 1 saturated heterocycles. The number of aliphatic imine (C=N–C) groups is 1. The van der Waals surface area contributed by atoms with Crippen molar-refractivity contribution < 1.29 is 63.3 Å². The van der Waals surface area contributed by atoms with Crippen LogP contribution in [0.3, 0.4) is 0 Å². The molecule has 1 heterocycles. The highest BCUT2D eigenvalue weighted by atomic mass is 16.4. The maximum absolute atomic E-state index is 13.0. The quantitative estimate of drug-likeness (QED) is 0.0261. The van der Waals surface area contributed by atoms with Gasteiger partial charge < -0.3 is 74.6 Å². The third-order valence-electron chi connectivity index (χ3n) is 7.19. The van der Waals surface area contributed by atoms with E-state index in [2.05, 4.69) is 42.2 Å². The van der Waals surface area contributed by atoms with E-state index in [9.17, 15) is 63.3 Å². The molecule has 53 heavy (non-hydrogen) atoms. The molecule has 0 aliphatic carbocycles. The van der Waals surface area contributed by atoms with E-state index in [1.54, 1.807) is 0 Å². The fraction of sp³-hybridized carbons (Fsp3) is 0.607. The summed E-state index contributed by atoms with van der Waals surface area (Å²) in [5, 5.41) is 43.8. The zero-order chi connectivity index (χ0) is 40.1. The molecule has 296 valence electrons. The van der Waals surface area contributed by atoms with E-state index in [0.29, 0.717) is 6.42 Å². The van der Waals surface area contributed by atoms with Crippen molar-refractivity contribution in [2.24, 2.45) is 22.2 Å². The molecule has 1 fully saturated rings. The van der Waals surface area contributed by atoms with Crippen LogP contribution in [-0.4, -0.2) is 162 Å². The van der Waals surface area contributed by atoms with E-state index in [4.69, 9.17) is 17.2 Å². The number of likely N-dealkylation sites (tertiary alicyclic amines) is 1. The van der Waals surface area contributed by atoms with E-state index in [-0.39, 0.29) is 44.9 Å². The van der Waals surface area contributed by atoms with Crippen molar-refractivity contribution in [1.29, 1.82) is 0 Å².